The standard InChI is InChI=1S/C13H18N4O2S/c1-3-6-17-10(2)15-16-13(17)20-9-12(18)14-8-11-5-4-7-19-11/h4-5,7H,3,6,8-9H2,1-2H3,(H,14,18). The van der Waals surface area contributed by atoms with Crippen molar-refractivity contribution in [2.24, 2.45) is 0 Å². The van der Waals surface area contributed by atoms with Crippen LogP contribution < -0.4 is 5.32 Å². The molecule has 0 unspecified atom stereocenters. The minimum Gasteiger partial charge on any atom is -0.467 e. The van der Waals surface area contributed by atoms with E-state index < -0.39 is 0 Å². The SMILES string of the molecule is CCCn1c(C)nnc1SCC(=O)NCc1ccco1. The van der Waals surface area contributed by atoms with Crippen LogP contribution in [0.15, 0.2) is 28.0 Å². The summed E-state index contributed by atoms with van der Waals surface area (Å²) in [5.41, 5.74) is 0. The highest BCUT2D eigenvalue weighted by Crippen LogP contribution is 2.16. The molecule has 1 N–H and O–H groups in total. The van der Waals surface area contributed by atoms with E-state index >= 15 is 0 Å². The lowest BCUT2D eigenvalue weighted by atomic mass is 10.4. The molecule has 0 aliphatic heterocycles. The maximum absolute atomic E-state index is 11.8. The van der Waals surface area contributed by atoms with E-state index in [0.29, 0.717) is 12.3 Å². The molecular weight excluding hydrogens is 276 g/mol. The second kappa shape index (κ2) is 7.14. The topological polar surface area (TPSA) is 73.0 Å². The Morgan fingerprint density at radius 2 is 2.35 bits per heavy atom. The molecule has 0 saturated carbocycles. The van der Waals surface area contributed by atoms with Crippen molar-refractivity contribution in [3.63, 3.8) is 0 Å². The van der Waals surface area contributed by atoms with Crippen molar-refractivity contribution < 1.29 is 9.21 Å². The second-order valence-electron chi connectivity index (χ2n) is 4.33. The van der Waals surface area contributed by atoms with Gasteiger partial charge in [0.1, 0.15) is 11.6 Å². The highest BCUT2D eigenvalue weighted by molar-refractivity contribution is 7.99. The van der Waals surface area contributed by atoms with Gasteiger partial charge in [0.05, 0.1) is 18.6 Å². The highest BCUT2D eigenvalue weighted by Gasteiger charge is 2.11. The molecule has 0 saturated heterocycles. The number of hydrogen-bond donors (Lipinski definition) is 1. The third-order valence-corrected chi connectivity index (χ3v) is 3.69. The summed E-state index contributed by atoms with van der Waals surface area (Å²) in [6, 6.07) is 3.63. The van der Waals surface area contributed by atoms with Gasteiger partial charge in [0, 0.05) is 6.54 Å². The summed E-state index contributed by atoms with van der Waals surface area (Å²) in [5.74, 6) is 1.90. The minimum absolute atomic E-state index is 0.0462. The number of rotatable bonds is 7. The quantitative estimate of drug-likeness (QED) is 0.791. The van der Waals surface area contributed by atoms with Crippen molar-refractivity contribution in [3.8, 4) is 0 Å². The van der Waals surface area contributed by atoms with Gasteiger partial charge in [-0.3, -0.25) is 4.79 Å². The smallest absolute Gasteiger partial charge is 0.230 e. The predicted molar refractivity (Wildman–Crippen MR) is 76.3 cm³/mol. The lowest BCUT2D eigenvalue weighted by Gasteiger charge is -2.06. The summed E-state index contributed by atoms with van der Waals surface area (Å²) in [5, 5.41) is 11.7. The summed E-state index contributed by atoms with van der Waals surface area (Å²) >= 11 is 1.40. The van der Waals surface area contributed by atoms with Crippen molar-refractivity contribution in [1.29, 1.82) is 0 Å². The van der Waals surface area contributed by atoms with Gasteiger partial charge in [0.25, 0.3) is 0 Å². The van der Waals surface area contributed by atoms with Gasteiger partial charge in [0.2, 0.25) is 5.91 Å². The number of aryl methyl sites for hydroxylation is 1. The molecule has 2 aromatic heterocycles. The zero-order valence-corrected chi connectivity index (χ0v) is 12.4. The van der Waals surface area contributed by atoms with Gasteiger partial charge in [-0.05, 0) is 25.5 Å². The molecule has 0 aliphatic rings. The largest absolute Gasteiger partial charge is 0.467 e. The van der Waals surface area contributed by atoms with Crippen LogP contribution in [0.2, 0.25) is 0 Å². The lowest BCUT2D eigenvalue weighted by Crippen LogP contribution is -2.24. The maximum atomic E-state index is 11.8. The molecule has 108 valence electrons. The summed E-state index contributed by atoms with van der Waals surface area (Å²) in [7, 11) is 0. The van der Waals surface area contributed by atoms with Gasteiger partial charge in [-0.2, -0.15) is 0 Å². The molecule has 2 rings (SSSR count). The van der Waals surface area contributed by atoms with Gasteiger partial charge < -0.3 is 14.3 Å². The Kier molecular flexibility index (Phi) is 5.23. The molecule has 2 aromatic rings. The fourth-order valence-electron chi connectivity index (χ4n) is 1.73. The van der Waals surface area contributed by atoms with E-state index in [9.17, 15) is 4.79 Å². The summed E-state index contributed by atoms with van der Waals surface area (Å²) in [6.45, 7) is 5.30. The third-order valence-electron chi connectivity index (χ3n) is 2.72. The first-order valence-electron chi connectivity index (χ1n) is 6.52. The molecule has 0 aromatic carbocycles. The van der Waals surface area contributed by atoms with Crippen LogP contribution in [-0.4, -0.2) is 26.4 Å². The first kappa shape index (κ1) is 14.6. The average molecular weight is 294 g/mol. The fraction of sp³-hybridized carbons (Fsp3) is 0.462. The predicted octanol–water partition coefficient (Wildman–Crippen LogP) is 2.00. The monoisotopic (exact) mass is 294 g/mol. The number of hydrogen-bond acceptors (Lipinski definition) is 5. The summed E-state index contributed by atoms with van der Waals surface area (Å²) in [4.78, 5) is 11.8. The Morgan fingerprint density at radius 3 is 3.05 bits per heavy atom. The second-order valence-corrected chi connectivity index (χ2v) is 5.27. The Labute approximate surface area is 121 Å². The van der Waals surface area contributed by atoms with Crippen molar-refractivity contribution in [2.75, 3.05) is 5.75 Å². The summed E-state index contributed by atoms with van der Waals surface area (Å²) < 4.78 is 7.19. The third kappa shape index (κ3) is 3.86. The van der Waals surface area contributed by atoms with Crippen molar-refractivity contribution in [3.05, 3.63) is 30.0 Å². The van der Waals surface area contributed by atoms with Crippen molar-refractivity contribution in [2.45, 2.75) is 38.5 Å². The number of carbonyl (C=O) groups excluding carboxylic acids is 1. The first-order chi connectivity index (χ1) is 9.70. The molecule has 0 fully saturated rings. The Morgan fingerprint density at radius 1 is 1.50 bits per heavy atom. The molecule has 0 radical (unpaired) electrons. The van der Waals surface area contributed by atoms with E-state index in [0.717, 1.165) is 29.7 Å². The molecule has 6 nitrogen and oxygen atoms in total. The van der Waals surface area contributed by atoms with Crippen molar-refractivity contribution in [1.82, 2.24) is 20.1 Å². The van der Waals surface area contributed by atoms with E-state index in [4.69, 9.17) is 4.42 Å². The van der Waals surface area contributed by atoms with E-state index in [2.05, 4.69) is 22.4 Å². The first-order valence-corrected chi connectivity index (χ1v) is 7.51. The van der Waals surface area contributed by atoms with E-state index in [1.807, 2.05) is 17.6 Å². The van der Waals surface area contributed by atoms with Gasteiger partial charge in [0.15, 0.2) is 5.16 Å². The number of furan rings is 1. The molecule has 0 bridgehead atoms. The fourth-order valence-corrected chi connectivity index (χ4v) is 2.57. The normalized spacial score (nSPS) is 10.7. The molecule has 2 heterocycles. The molecule has 0 atom stereocenters. The number of nitrogens with one attached hydrogen (secondary N) is 1. The molecular formula is C13H18N4O2S. The zero-order chi connectivity index (χ0) is 14.4. The Bertz CT molecular complexity index is 551. The van der Waals surface area contributed by atoms with Crippen LogP contribution >= 0.6 is 11.8 Å². The molecule has 1 amide bonds. The van der Waals surface area contributed by atoms with Crippen LogP contribution in [0.5, 0.6) is 0 Å². The van der Waals surface area contributed by atoms with E-state index in [1.54, 1.807) is 12.3 Å². The van der Waals surface area contributed by atoms with Crippen LogP contribution in [0, 0.1) is 6.92 Å². The van der Waals surface area contributed by atoms with Crippen LogP contribution in [0.25, 0.3) is 0 Å². The van der Waals surface area contributed by atoms with Gasteiger partial charge in [-0.1, -0.05) is 18.7 Å². The average Bonchev–Trinajstić information content (AvgIpc) is 3.06. The summed E-state index contributed by atoms with van der Waals surface area (Å²) in [6.07, 6.45) is 2.60. The lowest BCUT2D eigenvalue weighted by molar-refractivity contribution is -0.118. The number of aromatic nitrogens is 3. The number of carbonyl (C=O) groups is 1. The van der Waals surface area contributed by atoms with Gasteiger partial charge in [-0.25, -0.2) is 0 Å². The molecule has 0 aliphatic carbocycles. The Hall–Kier alpha value is -1.76. The van der Waals surface area contributed by atoms with Crippen LogP contribution in [0.3, 0.4) is 0 Å². The van der Waals surface area contributed by atoms with E-state index in [-0.39, 0.29) is 5.91 Å². The highest BCUT2D eigenvalue weighted by atomic mass is 32.2. The maximum Gasteiger partial charge on any atom is 0.230 e. The van der Waals surface area contributed by atoms with Crippen LogP contribution in [0.1, 0.15) is 24.9 Å². The molecule has 0 spiro atoms. The van der Waals surface area contributed by atoms with Gasteiger partial charge in [-0.15, -0.1) is 10.2 Å². The Balaban J connectivity index is 1.81. The van der Waals surface area contributed by atoms with Crippen LogP contribution in [0.4, 0.5) is 0 Å². The van der Waals surface area contributed by atoms with Crippen LogP contribution in [-0.2, 0) is 17.9 Å². The number of nitrogens with zero attached hydrogens (tertiary/aromatic N) is 3. The molecule has 7 heteroatoms. The number of amides is 1. The number of thioether (sulfide) groups is 1. The zero-order valence-electron chi connectivity index (χ0n) is 11.6. The van der Waals surface area contributed by atoms with Gasteiger partial charge >= 0.3 is 0 Å². The van der Waals surface area contributed by atoms with E-state index in [1.165, 1.54) is 11.8 Å². The molecule has 20 heavy (non-hydrogen) atoms. The minimum atomic E-state index is -0.0462. The van der Waals surface area contributed by atoms with Crippen molar-refractivity contribution >= 4 is 17.7 Å².